The van der Waals surface area contributed by atoms with E-state index >= 15 is 0 Å². The molecule has 0 unspecified atom stereocenters. The number of rotatable bonds is 4. The summed E-state index contributed by atoms with van der Waals surface area (Å²) in [5.74, 6) is 0.897. The van der Waals surface area contributed by atoms with Crippen molar-refractivity contribution >= 4 is 18.0 Å². The number of carbonyl (C=O) groups excluding carboxylic acids is 2. The molecule has 0 atom stereocenters. The molecule has 1 heterocycles. The van der Waals surface area contributed by atoms with Gasteiger partial charge < -0.3 is 25.6 Å². The van der Waals surface area contributed by atoms with Crippen LogP contribution >= 0.6 is 0 Å². The van der Waals surface area contributed by atoms with Crippen molar-refractivity contribution in [2.75, 3.05) is 39.3 Å². The molecule has 2 rings (SSSR count). The molecule has 2 amide bonds. The molecule has 0 spiro atoms. The zero-order valence-electron chi connectivity index (χ0n) is 14.9. The molecule has 0 aromatic heterocycles. The maximum absolute atomic E-state index is 12.0. The van der Waals surface area contributed by atoms with E-state index in [9.17, 15) is 9.59 Å². The van der Waals surface area contributed by atoms with Crippen molar-refractivity contribution in [3.63, 3.8) is 0 Å². The maximum Gasteiger partial charge on any atom is 0.410 e. The summed E-state index contributed by atoms with van der Waals surface area (Å²) in [5, 5.41) is 2.86. The number of piperazine rings is 1. The van der Waals surface area contributed by atoms with E-state index in [-0.39, 0.29) is 18.5 Å². The highest BCUT2D eigenvalue weighted by atomic mass is 16.6. The van der Waals surface area contributed by atoms with Gasteiger partial charge in [-0.2, -0.15) is 0 Å². The van der Waals surface area contributed by atoms with Crippen LogP contribution in [-0.2, 0) is 9.53 Å². The van der Waals surface area contributed by atoms with Crippen LogP contribution in [0.5, 0.6) is 0 Å². The third-order valence-electron chi connectivity index (χ3n) is 3.92. The van der Waals surface area contributed by atoms with Crippen LogP contribution in [0.15, 0.2) is 4.99 Å². The Hall–Kier alpha value is -1.99. The van der Waals surface area contributed by atoms with Crippen LogP contribution in [-0.4, -0.2) is 72.6 Å². The predicted octanol–water partition coefficient (Wildman–Crippen LogP) is 0.380. The lowest BCUT2D eigenvalue weighted by Crippen LogP contribution is -2.53. The fourth-order valence-electron chi connectivity index (χ4n) is 2.33. The second-order valence-corrected chi connectivity index (χ2v) is 7.38. The van der Waals surface area contributed by atoms with Crippen LogP contribution in [0.25, 0.3) is 0 Å². The summed E-state index contributed by atoms with van der Waals surface area (Å²) in [6, 6.07) is 0. The molecule has 1 saturated heterocycles. The minimum absolute atomic E-state index is 0.0465. The van der Waals surface area contributed by atoms with E-state index in [1.54, 1.807) is 4.90 Å². The molecule has 1 aliphatic heterocycles. The summed E-state index contributed by atoms with van der Waals surface area (Å²) in [5.41, 5.74) is 5.45. The van der Waals surface area contributed by atoms with Crippen LogP contribution in [0.3, 0.4) is 0 Å². The van der Waals surface area contributed by atoms with Gasteiger partial charge in [0, 0.05) is 32.7 Å². The predicted molar refractivity (Wildman–Crippen MR) is 91.6 cm³/mol. The molecule has 2 aliphatic rings. The molecule has 24 heavy (non-hydrogen) atoms. The normalized spacial score (nSPS) is 19.2. The lowest BCUT2D eigenvalue weighted by molar-refractivity contribution is -0.119. The zero-order chi connectivity index (χ0) is 17.7. The van der Waals surface area contributed by atoms with E-state index in [2.05, 4.69) is 10.3 Å². The highest BCUT2D eigenvalue weighted by Crippen LogP contribution is 2.27. The molecule has 8 nitrogen and oxygen atoms in total. The van der Waals surface area contributed by atoms with Crippen LogP contribution in [0.4, 0.5) is 4.79 Å². The summed E-state index contributed by atoms with van der Waals surface area (Å²) >= 11 is 0. The molecule has 0 aromatic rings. The Kier molecular flexibility index (Phi) is 5.90. The summed E-state index contributed by atoms with van der Waals surface area (Å²) in [4.78, 5) is 31.4. The molecule has 1 saturated carbocycles. The smallest absolute Gasteiger partial charge is 0.410 e. The van der Waals surface area contributed by atoms with Gasteiger partial charge in [-0.3, -0.25) is 4.79 Å². The number of hydrogen-bond donors (Lipinski definition) is 2. The van der Waals surface area contributed by atoms with Crippen molar-refractivity contribution in [1.82, 2.24) is 15.1 Å². The third-order valence-corrected chi connectivity index (χ3v) is 3.92. The topological polar surface area (TPSA) is 100 Å². The van der Waals surface area contributed by atoms with Crippen molar-refractivity contribution in [3.8, 4) is 0 Å². The summed E-state index contributed by atoms with van der Waals surface area (Å²) in [6.45, 7) is 8.54. The van der Waals surface area contributed by atoms with E-state index in [0.717, 1.165) is 6.54 Å². The second-order valence-electron chi connectivity index (χ2n) is 7.38. The average Bonchev–Trinajstić information content (AvgIpc) is 3.33. The van der Waals surface area contributed by atoms with Crippen LogP contribution in [0.1, 0.15) is 33.6 Å². The Morgan fingerprint density at radius 1 is 1.17 bits per heavy atom. The van der Waals surface area contributed by atoms with E-state index in [1.807, 2.05) is 25.7 Å². The summed E-state index contributed by atoms with van der Waals surface area (Å²) in [7, 11) is 0. The van der Waals surface area contributed by atoms with Gasteiger partial charge in [0.2, 0.25) is 5.91 Å². The van der Waals surface area contributed by atoms with Crippen LogP contribution in [0.2, 0.25) is 0 Å². The highest BCUT2D eigenvalue weighted by Gasteiger charge is 2.26. The van der Waals surface area contributed by atoms with Crippen molar-refractivity contribution in [2.24, 2.45) is 16.6 Å². The SMILES string of the molecule is CC(C)(C)OC(=O)N1CCN(C(N)=NCC(=O)NCC2CC2)CC1. The van der Waals surface area contributed by atoms with Crippen LogP contribution < -0.4 is 11.1 Å². The number of nitrogens with one attached hydrogen (secondary N) is 1. The minimum Gasteiger partial charge on any atom is -0.444 e. The van der Waals surface area contributed by atoms with Crippen LogP contribution in [0, 0.1) is 5.92 Å². The number of ether oxygens (including phenoxy) is 1. The molecule has 8 heteroatoms. The quantitative estimate of drug-likeness (QED) is 0.570. The first kappa shape index (κ1) is 18.4. The maximum atomic E-state index is 12.0. The Morgan fingerprint density at radius 2 is 1.75 bits per heavy atom. The van der Waals surface area contributed by atoms with Gasteiger partial charge >= 0.3 is 6.09 Å². The summed E-state index contributed by atoms with van der Waals surface area (Å²) < 4.78 is 5.36. The highest BCUT2D eigenvalue weighted by molar-refractivity contribution is 5.84. The number of hydrogen-bond acceptors (Lipinski definition) is 4. The van der Waals surface area contributed by atoms with Gasteiger partial charge in [0.1, 0.15) is 12.1 Å². The lowest BCUT2D eigenvalue weighted by atomic mass is 10.2. The number of amides is 2. The summed E-state index contributed by atoms with van der Waals surface area (Å²) in [6.07, 6.45) is 2.10. The first-order valence-corrected chi connectivity index (χ1v) is 8.54. The standard InChI is InChI=1S/C16H29N5O3/c1-16(2,3)24-15(23)21-8-6-20(7-9-21)14(17)19-11-13(22)18-10-12-4-5-12/h12H,4-11H2,1-3H3,(H2,17,19)(H,18,22). The van der Waals surface area contributed by atoms with Crippen molar-refractivity contribution in [2.45, 2.75) is 39.2 Å². The lowest BCUT2D eigenvalue weighted by Gasteiger charge is -2.36. The van der Waals surface area contributed by atoms with Crippen molar-refractivity contribution in [3.05, 3.63) is 0 Å². The minimum atomic E-state index is -0.497. The molecule has 1 aliphatic carbocycles. The van der Waals surface area contributed by atoms with Gasteiger partial charge in [0.15, 0.2) is 5.96 Å². The van der Waals surface area contributed by atoms with E-state index in [0.29, 0.717) is 38.1 Å². The molecule has 3 N–H and O–H groups in total. The largest absolute Gasteiger partial charge is 0.444 e. The van der Waals surface area contributed by atoms with Crippen molar-refractivity contribution < 1.29 is 14.3 Å². The Balaban J connectivity index is 1.71. The second kappa shape index (κ2) is 7.72. The number of nitrogens with two attached hydrogens (primary N) is 1. The van der Waals surface area contributed by atoms with Gasteiger partial charge in [0.05, 0.1) is 0 Å². The number of guanidine groups is 1. The molecular weight excluding hydrogens is 310 g/mol. The van der Waals surface area contributed by atoms with Crippen molar-refractivity contribution in [1.29, 1.82) is 0 Å². The Labute approximate surface area is 143 Å². The molecular formula is C16H29N5O3. The molecule has 0 aromatic carbocycles. The molecule has 136 valence electrons. The number of nitrogens with zero attached hydrogens (tertiary/aromatic N) is 3. The fraction of sp³-hybridized carbons (Fsp3) is 0.812. The van der Waals surface area contributed by atoms with Gasteiger partial charge in [-0.15, -0.1) is 0 Å². The van der Waals surface area contributed by atoms with E-state index in [1.165, 1.54) is 12.8 Å². The van der Waals surface area contributed by atoms with E-state index < -0.39 is 5.60 Å². The van der Waals surface area contributed by atoms with Gasteiger partial charge in [-0.1, -0.05) is 0 Å². The third kappa shape index (κ3) is 6.25. The number of carbonyl (C=O) groups is 2. The Bertz CT molecular complexity index is 488. The van der Waals surface area contributed by atoms with E-state index in [4.69, 9.17) is 10.5 Å². The van der Waals surface area contributed by atoms with Gasteiger partial charge in [-0.25, -0.2) is 9.79 Å². The fourth-order valence-corrected chi connectivity index (χ4v) is 2.33. The van der Waals surface area contributed by atoms with Gasteiger partial charge in [-0.05, 0) is 39.5 Å². The molecule has 0 bridgehead atoms. The Morgan fingerprint density at radius 3 is 2.29 bits per heavy atom. The number of aliphatic imine (C=N–C) groups is 1. The first-order valence-electron chi connectivity index (χ1n) is 8.54. The average molecular weight is 339 g/mol. The zero-order valence-corrected chi connectivity index (χ0v) is 14.9. The first-order chi connectivity index (χ1) is 11.2. The van der Waals surface area contributed by atoms with Gasteiger partial charge in [0.25, 0.3) is 0 Å². The molecule has 0 radical (unpaired) electrons. The molecule has 2 fully saturated rings. The monoisotopic (exact) mass is 339 g/mol.